The predicted molar refractivity (Wildman–Crippen MR) is 106 cm³/mol. The standard InChI is InChI=1S/C22H31N3O/c1-16(2)25-18(4)14-21(19(25)5)22(26)24-11-9-23(10-12-24)15-20-8-6-7-17(3)13-20/h6-8,13-14,16H,9-12,15H2,1-5H3/p+1. The number of hydrogen-bond acceptors (Lipinski definition) is 1. The number of aromatic nitrogens is 1. The van der Waals surface area contributed by atoms with E-state index in [0.29, 0.717) is 6.04 Å². The fourth-order valence-electron chi connectivity index (χ4n) is 4.27. The molecule has 3 rings (SSSR count). The molecule has 0 bridgehead atoms. The summed E-state index contributed by atoms with van der Waals surface area (Å²) in [5.74, 6) is 0.194. The molecule has 2 aromatic rings. The lowest BCUT2D eigenvalue weighted by atomic mass is 10.1. The van der Waals surface area contributed by atoms with E-state index in [4.69, 9.17) is 0 Å². The highest BCUT2D eigenvalue weighted by molar-refractivity contribution is 5.95. The van der Waals surface area contributed by atoms with Crippen LogP contribution >= 0.6 is 0 Å². The number of amides is 1. The van der Waals surface area contributed by atoms with E-state index in [1.165, 1.54) is 16.8 Å². The summed E-state index contributed by atoms with van der Waals surface area (Å²) in [5, 5.41) is 0. The zero-order valence-electron chi connectivity index (χ0n) is 16.8. The SMILES string of the molecule is Cc1cccc(C[NH+]2CCN(C(=O)c3cc(C)n(C(C)C)c3C)CC2)c1. The zero-order chi connectivity index (χ0) is 18.8. The van der Waals surface area contributed by atoms with Gasteiger partial charge in [0.1, 0.15) is 6.54 Å². The lowest BCUT2D eigenvalue weighted by Gasteiger charge is -2.32. The molecule has 2 heterocycles. The zero-order valence-corrected chi connectivity index (χ0v) is 16.8. The molecule has 1 amide bonds. The molecule has 0 atom stereocenters. The van der Waals surface area contributed by atoms with Crippen LogP contribution in [0.3, 0.4) is 0 Å². The molecule has 1 aliphatic rings. The van der Waals surface area contributed by atoms with Crippen molar-refractivity contribution in [2.24, 2.45) is 0 Å². The minimum absolute atomic E-state index is 0.194. The van der Waals surface area contributed by atoms with E-state index < -0.39 is 0 Å². The van der Waals surface area contributed by atoms with Crippen molar-refractivity contribution in [1.29, 1.82) is 0 Å². The van der Waals surface area contributed by atoms with E-state index in [-0.39, 0.29) is 5.91 Å². The molecule has 4 nitrogen and oxygen atoms in total. The van der Waals surface area contributed by atoms with E-state index >= 15 is 0 Å². The second-order valence-corrected chi connectivity index (χ2v) is 7.96. The summed E-state index contributed by atoms with van der Waals surface area (Å²) < 4.78 is 2.26. The summed E-state index contributed by atoms with van der Waals surface area (Å²) in [7, 11) is 0. The minimum Gasteiger partial charge on any atom is -0.346 e. The van der Waals surface area contributed by atoms with Crippen molar-refractivity contribution in [3.8, 4) is 0 Å². The highest BCUT2D eigenvalue weighted by atomic mass is 16.2. The Labute approximate surface area is 157 Å². The van der Waals surface area contributed by atoms with Gasteiger partial charge in [-0.1, -0.05) is 29.8 Å². The normalized spacial score (nSPS) is 15.7. The first-order chi connectivity index (χ1) is 12.4. The molecule has 1 aromatic heterocycles. The molecule has 1 aliphatic heterocycles. The number of quaternary nitrogens is 1. The number of carbonyl (C=O) groups is 1. The molecule has 0 radical (unpaired) electrons. The molecule has 0 unspecified atom stereocenters. The Bertz CT molecular complexity index is 783. The number of aryl methyl sites for hydroxylation is 2. The van der Waals surface area contributed by atoms with Crippen LogP contribution in [0.5, 0.6) is 0 Å². The molecule has 140 valence electrons. The van der Waals surface area contributed by atoms with Gasteiger partial charge in [0.15, 0.2) is 0 Å². The number of benzene rings is 1. The van der Waals surface area contributed by atoms with Gasteiger partial charge in [-0.15, -0.1) is 0 Å². The van der Waals surface area contributed by atoms with Crippen LogP contribution in [0.2, 0.25) is 0 Å². The molecule has 0 aliphatic carbocycles. The quantitative estimate of drug-likeness (QED) is 0.898. The molecule has 1 N–H and O–H groups in total. The Balaban J connectivity index is 1.63. The van der Waals surface area contributed by atoms with Crippen LogP contribution in [0, 0.1) is 20.8 Å². The van der Waals surface area contributed by atoms with Crippen LogP contribution < -0.4 is 4.90 Å². The summed E-state index contributed by atoms with van der Waals surface area (Å²) in [4.78, 5) is 16.6. The van der Waals surface area contributed by atoms with Crippen molar-refractivity contribution >= 4 is 5.91 Å². The van der Waals surface area contributed by atoms with Gasteiger partial charge < -0.3 is 14.4 Å². The van der Waals surface area contributed by atoms with Gasteiger partial charge in [-0.3, -0.25) is 4.79 Å². The number of hydrogen-bond donors (Lipinski definition) is 1. The van der Waals surface area contributed by atoms with Crippen LogP contribution in [-0.4, -0.2) is 41.6 Å². The van der Waals surface area contributed by atoms with Gasteiger partial charge in [-0.25, -0.2) is 0 Å². The van der Waals surface area contributed by atoms with Gasteiger partial charge in [-0.2, -0.15) is 0 Å². The van der Waals surface area contributed by atoms with Gasteiger partial charge in [0, 0.05) is 23.0 Å². The van der Waals surface area contributed by atoms with Crippen molar-refractivity contribution in [3.05, 3.63) is 58.4 Å². The maximum absolute atomic E-state index is 13.0. The fourth-order valence-corrected chi connectivity index (χ4v) is 4.27. The largest absolute Gasteiger partial charge is 0.346 e. The Kier molecular flexibility index (Phi) is 5.52. The molecular weight excluding hydrogens is 322 g/mol. The molecule has 1 aromatic carbocycles. The van der Waals surface area contributed by atoms with Gasteiger partial charge in [0.25, 0.3) is 5.91 Å². The third-order valence-corrected chi connectivity index (χ3v) is 5.53. The highest BCUT2D eigenvalue weighted by Gasteiger charge is 2.27. The van der Waals surface area contributed by atoms with Crippen LogP contribution in [0.25, 0.3) is 0 Å². The first-order valence-corrected chi connectivity index (χ1v) is 9.73. The number of rotatable bonds is 4. The second-order valence-electron chi connectivity index (χ2n) is 7.96. The molecule has 26 heavy (non-hydrogen) atoms. The van der Waals surface area contributed by atoms with E-state index in [9.17, 15) is 4.79 Å². The lowest BCUT2D eigenvalue weighted by molar-refractivity contribution is -0.917. The summed E-state index contributed by atoms with van der Waals surface area (Å²) in [6.07, 6.45) is 0. The molecule has 1 fully saturated rings. The molecular formula is C22H32N3O+. The highest BCUT2D eigenvalue weighted by Crippen LogP contribution is 2.21. The monoisotopic (exact) mass is 354 g/mol. The Morgan fingerprint density at radius 1 is 1.12 bits per heavy atom. The van der Waals surface area contributed by atoms with Crippen molar-refractivity contribution in [3.63, 3.8) is 0 Å². The van der Waals surface area contributed by atoms with Gasteiger partial charge in [0.05, 0.1) is 31.7 Å². The summed E-state index contributed by atoms with van der Waals surface area (Å²) in [6.45, 7) is 15.4. The maximum atomic E-state index is 13.0. The van der Waals surface area contributed by atoms with E-state index in [1.54, 1.807) is 4.90 Å². The average Bonchev–Trinajstić information content (AvgIpc) is 2.89. The molecule has 0 saturated carbocycles. The number of nitrogens with zero attached hydrogens (tertiary/aromatic N) is 2. The van der Waals surface area contributed by atoms with Crippen molar-refractivity contribution in [1.82, 2.24) is 9.47 Å². The van der Waals surface area contributed by atoms with Crippen LogP contribution in [-0.2, 0) is 6.54 Å². The third-order valence-electron chi connectivity index (χ3n) is 5.53. The average molecular weight is 355 g/mol. The van der Waals surface area contributed by atoms with Gasteiger partial charge in [0.2, 0.25) is 0 Å². The third kappa shape index (κ3) is 3.85. The molecule has 1 saturated heterocycles. The Morgan fingerprint density at radius 3 is 2.38 bits per heavy atom. The number of carbonyl (C=O) groups excluding carboxylic acids is 1. The maximum Gasteiger partial charge on any atom is 0.256 e. The summed E-state index contributed by atoms with van der Waals surface area (Å²) >= 11 is 0. The predicted octanol–water partition coefficient (Wildman–Crippen LogP) is 2.54. The molecule has 0 spiro atoms. The number of piperazine rings is 1. The lowest BCUT2D eigenvalue weighted by Crippen LogP contribution is -3.13. The Hall–Kier alpha value is -2.07. The second kappa shape index (κ2) is 7.67. The first kappa shape index (κ1) is 18.7. The molecule has 4 heteroatoms. The smallest absolute Gasteiger partial charge is 0.256 e. The van der Waals surface area contributed by atoms with Crippen LogP contribution in [0.4, 0.5) is 0 Å². The van der Waals surface area contributed by atoms with Gasteiger partial charge in [-0.05, 0) is 40.7 Å². The van der Waals surface area contributed by atoms with Crippen LogP contribution in [0.1, 0.15) is 52.8 Å². The van der Waals surface area contributed by atoms with E-state index in [2.05, 4.69) is 69.5 Å². The van der Waals surface area contributed by atoms with E-state index in [0.717, 1.165) is 44.0 Å². The van der Waals surface area contributed by atoms with Crippen molar-refractivity contribution in [2.75, 3.05) is 26.2 Å². The van der Waals surface area contributed by atoms with Gasteiger partial charge >= 0.3 is 0 Å². The minimum atomic E-state index is 0.194. The number of nitrogens with one attached hydrogen (secondary N) is 1. The Morgan fingerprint density at radius 2 is 1.81 bits per heavy atom. The first-order valence-electron chi connectivity index (χ1n) is 9.73. The van der Waals surface area contributed by atoms with Crippen LogP contribution in [0.15, 0.2) is 30.3 Å². The summed E-state index contributed by atoms with van der Waals surface area (Å²) in [5.41, 5.74) is 5.84. The summed E-state index contributed by atoms with van der Waals surface area (Å²) in [6, 6.07) is 11.2. The van der Waals surface area contributed by atoms with Crippen molar-refractivity contribution in [2.45, 2.75) is 47.2 Å². The fraction of sp³-hybridized carbons (Fsp3) is 0.500. The van der Waals surface area contributed by atoms with Crippen molar-refractivity contribution < 1.29 is 9.69 Å². The van der Waals surface area contributed by atoms with E-state index in [1.807, 2.05) is 4.90 Å². The topological polar surface area (TPSA) is 29.7 Å².